The third-order valence-corrected chi connectivity index (χ3v) is 11.2. The Hall–Kier alpha value is -2.83. The van der Waals surface area contributed by atoms with Crippen LogP contribution < -0.4 is 16.4 Å². The normalized spacial score (nSPS) is 22.0. The molecule has 0 aromatic carbocycles. The molecule has 7 unspecified atom stereocenters. The second-order valence-electron chi connectivity index (χ2n) is 14.5. The summed E-state index contributed by atoms with van der Waals surface area (Å²) in [6, 6.07) is 0. The first kappa shape index (κ1) is 47.5. The molecular formula is C28H50N8O17P3+. The third-order valence-electron chi connectivity index (χ3n) is 8.09. The SMILES string of the molecule is CC(C)(COP(=O)(O)OP(=O)(O)OCC1OC(n2cnc3c(N)ncnc32)C(O)C1OP(=O)(O)O)C(O)C(=O)NCCC(=O)NCCC(=O)CCC[N+](C)(C)C. The predicted molar refractivity (Wildman–Crippen MR) is 191 cm³/mol. The lowest BCUT2D eigenvalue weighted by molar-refractivity contribution is -0.870. The van der Waals surface area contributed by atoms with Gasteiger partial charge in [-0.2, -0.15) is 4.31 Å². The molecule has 1 aliphatic heterocycles. The summed E-state index contributed by atoms with van der Waals surface area (Å²) in [7, 11) is -10.3. The van der Waals surface area contributed by atoms with Gasteiger partial charge >= 0.3 is 23.5 Å². The van der Waals surface area contributed by atoms with E-state index in [9.17, 15) is 57.9 Å². The van der Waals surface area contributed by atoms with E-state index in [4.69, 9.17) is 19.5 Å². The Labute approximate surface area is 320 Å². The molecule has 3 heterocycles. The first-order chi connectivity index (χ1) is 25.7. The molecule has 2 aromatic rings. The highest BCUT2D eigenvalue weighted by atomic mass is 31.3. The number of hydrogen-bond acceptors (Lipinski definition) is 17. The summed E-state index contributed by atoms with van der Waals surface area (Å²) in [4.78, 5) is 87.6. The van der Waals surface area contributed by atoms with Gasteiger partial charge in [-0.15, -0.1) is 0 Å². The fourth-order valence-electron chi connectivity index (χ4n) is 5.16. The van der Waals surface area contributed by atoms with Gasteiger partial charge in [-0.25, -0.2) is 28.6 Å². The van der Waals surface area contributed by atoms with E-state index in [-0.39, 0.29) is 48.7 Å². The number of anilines is 1. The second-order valence-corrected chi connectivity index (χ2v) is 18.7. The van der Waals surface area contributed by atoms with Crippen molar-refractivity contribution in [1.82, 2.24) is 30.2 Å². The summed E-state index contributed by atoms with van der Waals surface area (Å²) in [5.74, 6) is -1.47. The lowest BCUT2D eigenvalue weighted by Crippen LogP contribution is -2.46. The number of aromatic nitrogens is 4. The van der Waals surface area contributed by atoms with E-state index in [0.29, 0.717) is 6.42 Å². The number of nitrogen functional groups attached to an aromatic ring is 1. The molecule has 2 amide bonds. The summed E-state index contributed by atoms with van der Waals surface area (Å²) in [6.07, 6.45) is -5.65. The van der Waals surface area contributed by atoms with Gasteiger partial charge in [0.2, 0.25) is 11.8 Å². The van der Waals surface area contributed by atoms with E-state index in [1.54, 1.807) is 0 Å². The number of Topliss-reactive ketones (excluding diaryl/α,β-unsaturated/α-hetero) is 1. The van der Waals surface area contributed by atoms with Crippen LogP contribution in [0.3, 0.4) is 0 Å². The lowest BCUT2D eigenvalue weighted by Gasteiger charge is -2.30. The molecule has 1 aliphatic rings. The summed E-state index contributed by atoms with van der Waals surface area (Å²) < 4.78 is 62.8. The lowest BCUT2D eigenvalue weighted by atomic mass is 9.87. The van der Waals surface area contributed by atoms with Gasteiger partial charge in [0.15, 0.2) is 17.7 Å². The molecule has 0 saturated carbocycles. The number of nitrogens with two attached hydrogens (primary N) is 1. The number of aliphatic hydroxyl groups is 2. The zero-order chi connectivity index (χ0) is 42.3. The van der Waals surface area contributed by atoms with Crippen LogP contribution in [0.2, 0.25) is 0 Å². The minimum atomic E-state index is -5.57. The number of amides is 2. The van der Waals surface area contributed by atoms with Crippen molar-refractivity contribution in [3.8, 4) is 0 Å². The van der Waals surface area contributed by atoms with Crippen LogP contribution in [0.15, 0.2) is 12.7 Å². The molecule has 0 bridgehead atoms. The Morgan fingerprint density at radius 1 is 1.00 bits per heavy atom. The molecule has 56 heavy (non-hydrogen) atoms. The van der Waals surface area contributed by atoms with Crippen LogP contribution in [0.1, 0.15) is 45.8 Å². The maximum atomic E-state index is 12.7. The zero-order valence-corrected chi connectivity index (χ0v) is 33.9. The number of phosphoric acid groups is 3. The van der Waals surface area contributed by atoms with Crippen LogP contribution in [-0.4, -0.2) is 150 Å². The number of nitrogens with one attached hydrogen (secondary N) is 2. The molecule has 1 fully saturated rings. The van der Waals surface area contributed by atoms with E-state index in [0.717, 1.165) is 34.7 Å². The van der Waals surface area contributed by atoms with Crippen molar-refractivity contribution in [2.24, 2.45) is 5.41 Å². The largest absolute Gasteiger partial charge is 0.481 e. The molecule has 2 aromatic heterocycles. The molecule has 25 nitrogen and oxygen atoms in total. The average Bonchev–Trinajstić information content (AvgIpc) is 3.62. The first-order valence-electron chi connectivity index (χ1n) is 16.9. The third kappa shape index (κ3) is 14.8. The minimum absolute atomic E-state index is 0.00745. The van der Waals surface area contributed by atoms with Crippen LogP contribution in [-0.2, 0) is 50.7 Å². The highest BCUT2D eigenvalue weighted by Crippen LogP contribution is 2.61. The number of carbonyl (C=O) groups excluding carboxylic acids is 3. The van der Waals surface area contributed by atoms with Crippen molar-refractivity contribution >= 4 is 58.0 Å². The molecular weight excluding hydrogens is 813 g/mol. The molecule has 318 valence electrons. The van der Waals surface area contributed by atoms with Gasteiger partial charge in [0.1, 0.15) is 42.0 Å². The Morgan fingerprint density at radius 3 is 2.29 bits per heavy atom. The van der Waals surface area contributed by atoms with E-state index in [2.05, 4.69) is 34.4 Å². The molecule has 0 spiro atoms. The van der Waals surface area contributed by atoms with Gasteiger partial charge in [-0.05, 0) is 0 Å². The van der Waals surface area contributed by atoms with Crippen molar-refractivity contribution < 1.29 is 85.0 Å². The fourth-order valence-corrected chi connectivity index (χ4v) is 7.99. The second kappa shape index (κ2) is 19.3. The van der Waals surface area contributed by atoms with Gasteiger partial charge in [0.25, 0.3) is 0 Å². The van der Waals surface area contributed by atoms with Crippen LogP contribution in [0.5, 0.6) is 0 Å². The predicted octanol–water partition coefficient (Wildman–Crippen LogP) is -1.15. The van der Waals surface area contributed by atoms with Gasteiger partial charge in [0, 0.05) is 44.2 Å². The van der Waals surface area contributed by atoms with Gasteiger partial charge < -0.3 is 55.4 Å². The number of phosphoric ester groups is 3. The molecule has 7 atom stereocenters. The summed E-state index contributed by atoms with van der Waals surface area (Å²) >= 11 is 0. The highest BCUT2D eigenvalue weighted by Gasteiger charge is 2.50. The van der Waals surface area contributed by atoms with Crippen molar-refractivity contribution in [1.29, 1.82) is 0 Å². The number of rotatable bonds is 23. The van der Waals surface area contributed by atoms with E-state index >= 15 is 0 Å². The summed E-state index contributed by atoms with van der Waals surface area (Å²) in [5.41, 5.74) is 4.26. The standard InChI is InChI=1S/C28H49N8O17P3/c1-28(2,23(40)26(41)31-11-9-19(38)30-10-8-17(37)7-6-12-36(3,4)5)14-50-56(47,48)53-55(45,46)49-13-18-22(52-54(42,43)44)21(39)27(51-18)35-16-34-20-24(29)32-15-33-25(20)35/h15-16,18,21-23,27,39-40H,6-14H2,1-5H3,(H7-,29,30,31,32,33,38,41,42,43,44,45,46,47,48)/p+1. The summed E-state index contributed by atoms with van der Waals surface area (Å²) in [5, 5.41) is 26.3. The zero-order valence-electron chi connectivity index (χ0n) is 31.2. The van der Waals surface area contributed by atoms with Crippen molar-refractivity contribution in [3.05, 3.63) is 12.7 Å². The quantitative estimate of drug-likeness (QED) is 0.0470. The van der Waals surface area contributed by atoms with Crippen LogP contribution in [0.25, 0.3) is 11.2 Å². The monoisotopic (exact) mass is 863 g/mol. The van der Waals surface area contributed by atoms with E-state index < -0.39 is 84.6 Å². The maximum absolute atomic E-state index is 12.7. The number of hydrogen-bond donors (Lipinski definition) is 9. The van der Waals surface area contributed by atoms with Crippen LogP contribution in [0, 0.1) is 5.41 Å². The Balaban J connectivity index is 1.48. The van der Waals surface area contributed by atoms with Crippen LogP contribution >= 0.6 is 23.5 Å². The summed E-state index contributed by atoms with van der Waals surface area (Å²) in [6.45, 7) is 1.24. The van der Waals surface area contributed by atoms with E-state index in [1.807, 2.05) is 21.1 Å². The number of quaternary nitrogens is 1. The van der Waals surface area contributed by atoms with Gasteiger partial charge in [0.05, 0.1) is 47.2 Å². The van der Waals surface area contributed by atoms with Crippen molar-refractivity contribution in [2.45, 2.75) is 70.2 Å². The molecule has 0 radical (unpaired) electrons. The minimum Gasteiger partial charge on any atom is -0.386 e. The van der Waals surface area contributed by atoms with Crippen molar-refractivity contribution in [2.75, 3.05) is 59.7 Å². The molecule has 1 saturated heterocycles. The number of carbonyl (C=O) groups is 3. The Bertz CT molecular complexity index is 1840. The smallest absolute Gasteiger partial charge is 0.386 e. The molecule has 10 N–H and O–H groups in total. The van der Waals surface area contributed by atoms with Gasteiger partial charge in [-0.1, -0.05) is 13.8 Å². The topological polar surface area (TPSA) is 364 Å². The first-order valence-corrected chi connectivity index (χ1v) is 21.4. The number of fused-ring (bicyclic) bond motifs is 1. The Morgan fingerprint density at radius 2 is 1.64 bits per heavy atom. The maximum Gasteiger partial charge on any atom is 0.481 e. The Kier molecular flexibility index (Phi) is 16.4. The van der Waals surface area contributed by atoms with E-state index in [1.165, 1.54) is 13.8 Å². The average molecular weight is 864 g/mol. The molecule has 28 heteroatoms. The van der Waals surface area contributed by atoms with Crippen molar-refractivity contribution in [3.63, 3.8) is 0 Å². The molecule has 0 aliphatic carbocycles. The van der Waals surface area contributed by atoms with Crippen LogP contribution in [0.4, 0.5) is 5.82 Å². The number of ketones is 1. The number of nitrogens with zero attached hydrogens (tertiary/aromatic N) is 5. The highest BCUT2D eigenvalue weighted by molar-refractivity contribution is 7.61. The van der Waals surface area contributed by atoms with Gasteiger partial charge in [-0.3, -0.25) is 32.5 Å². The number of aliphatic hydroxyl groups excluding tert-OH is 2. The number of imidazole rings is 1. The number of ether oxygens (including phenoxy) is 1. The molecule has 3 rings (SSSR count). The fraction of sp³-hybridized carbons (Fsp3) is 0.714.